The predicted molar refractivity (Wildman–Crippen MR) is 74.9 cm³/mol. The summed E-state index contributed by atoms with van der Waals surface area (Å²) in [6.07, 6.45) is -11.4. The van der Waals surface area contributed by atoms with E-state index in [1.54, 1.807) is 0 Å². The molecule has 0 aliphatic rings. The van der Waals surface area contributed by atoms with Gasteiger partial charge in [0.05, 0.1) is 0 Å². The van der Waals surface area contributed by atoms with E-state index in [4.69, 9.17) is 10.2 Å². The molecule has 1 radical (unpaired) electrons. The van der Waals surface area contributed by atoms with Gasteiger partial charge in [0.15, 0.2) is 0 Å². The van der Waals surface area contributed by atoms with Gasteiger partial charge in [-0.1, -0.05) is 24.3 Å². The summed E-state index contributed by atoms with van der Waals surface area (Å²) in [5.41, 5.74) is -6.44. The molecule has 0 fully saturated rings. The van der Waals surface area contributed by atoms with Gasteiger partial charge in [0.1, 0.15) is 11.5 Å². The fraction of sp³-hybridized carbons (Fsp3) is 0.200. The molecule has 0 unspecified atom stereocenters. The number of phenolic OH excluding ortho intramolecular Hbond substituents is 2. The molecule has 2 aromatic rings. The van der Waals surface area contributed by atoms with Crippen molar-refractivity contribution in [1.29, 1.82) is 0 Å². The maximum absolute atomic E-state index is 13.6. The van der Waals surface area contributed by atoms with Gasteiger partial charge in [0.25, 0.3) is 0 Å². The summed E-state index contributed by atoms with van der Waals surface area (Å²) in [6, 6.07) is 5.30. The number of phenols is 2. The molecule has 2 rings (SSSR count). The minimum atomic E-state index is -5.70. The molecule has 2 aromatic carbocycles. The average Bonchev–Trinajstić information content (AvgIpc) is 2.40. The monoisotopic (exact) mass is 359 g/mol. The van der Waals surface area contributed by atoms with Crippen molar-refractivity contribution in [2.45, 2.75) is 17.8 Å². The van der Waals surface area contributed by atoms with Gasteiger partial charge in [-0.15, -0.1) is 0 Å². The topological polar surface area (TPSA) is 40.5 Å². The summed E-state index contributed by atoms with van der Waals surface area (Å²) in [5, 5.41) is 18.3. The zero-order valence-corrected chi connectivity index (χ0v) is 14.3. The van der Waals surface area contributed by atoms with E-state index in [9.17, 15) is 26.3 Å². The standard InChI is InChI=1S/C15H10F6O2.Na/c16-14(17,18)13(15(19,20)21,9-1-5-11(22)6-2-9)10-3-7-12(23)8-4-10;/h1-8,22-23H;. The van der Waals surface area contributed by atoms with Crippen molar-refractivity contribution in [2.24, 2.45) is 0 Å². The first-order chi connectivity index (χ1) is 10.5. The van der Waals surface area contributed by atoms with Crippen LogP contribution in [0.1, 0.15) is 11.1 Å². The minimum Gasteiger partial charge on any atom is -0.508 e. The second kappa shape index (κ2) is 6.85. The van der Waals surface area contributed by atoms with Gasteiger partial charge in [-0.3, -0.25) is 0 Å². The molecule has 0 aliphatic heterocycles. The van der Waals surface area contributed by atoms with Gasteiger partial charge in [-0.2, -0.15) is 26.3 Å². The van der Waals surface area contributed by atoms with Gasteiger partial charge in [0.2, 0.25) is 5.41 Å². The quantitative estimate of drug-likeness (QED) is 0.625. The second-order valence-electron chi connectivity index (χ2n) is 4.84. The first-order valence-electron chi connectivity index (χ1n) is 6.22. The Labute approximate surface area is 155 Å². The minimum absolute atomic E-state index is 0. The molecule has 9 heteroatoms. The Morgan fingerprint density at radius 1 is 0.542 bits per heavy atom. The number of alkyl halides is 6. The van der Waals surface area contributed by atoms with Crippen molar-refractivity contribution in [3.63, 3.8) is 0 Å². The van der Waals surface area contributed by atoms with Crippen LogP contribution in [0.2, 0.25) is 0 Å². The summed E-state index contributed by atoms with van der Waals surface area (Å²) in [5.74, 6) is -0.921. The van der Waals surface area contributed by atoms with E-state index in [0.29, 0.717) is 24.3 Å². The molecule has 125 valence electrons. The van der Waals surface area contributed by atoms with Crippen LogP contribution in [0.4, 0.5) is 26.3 Å². The zero-order chi connectivity index (χ0) is 17.5. The molecule has 0 spiro atoms. The molecule has 24 heavy (non-hydrogen) atoms. The Morgan fingerprint density at radius 2 is 0.792 bits per heavy atom. The van der Waals surface area contributed by atoms with Crippen LogP contribution in [0.25, 0.3) is 0 Å². The first kappa shape index (κ1) is 20.7. The second-order valence-corrected chi connectivity index (χ2v) is 4.84. The van der Waals surface area contributed by atoms with Crippen molar-refractivity contribution >= 4 is 29.6 Å². The van der Waals surface area contributed by atoms with Crippen molar-refractivity contribution < 1.29 is 36.6 Å². The number of aromatic hydroxyl groups is 2. The average molecular weight is 359 g/mol. The van der Waals surface area contributed by atoms with Crippen LogP contribution in [-0.2, 0) is 5.41 Å². The first-order valence-corrected chi connectivity index (χ1v) is 6.22. The van der Waals surface area contributed by atoms with E-state index in [2.05, 4.69) is 0 Å². The van der Waals surface area contributed by atoms with E-state index < -0.39 is 40.4 Å². The van der Waals surface area contributed by atoms with Gasteiger partial charge >= 0.3 is 12.4 Å². The summed E-state index contributed by atoms with van der Waals surface area (Å²) in [7, 11) is 0. The van der Waals surface area contributed by atoms with Gasteiger partial charge < -0.3 is 10.2 Å². The third-order valence-electron chi connectivity index (χ3n) is 3.45. The maximum atomic E-state index is 13.6. The normalized spacial score (nSPS) is 12.6. The molecule has 0 aliphatic carbocycles. The molecular weight excluding hydrogens is 349 g/mol. The van der Waals surface area contributed by atoms with Gasteiger partial charge in [0, 0.05) is 29.6 Å². The summed E-state index contributed by atoms with van der Waals surface area (Å²) in [6.45, 7) is 0. The molecule has 0 heterocycles. The van der Waals surface area contributed by atoms with E-state index >= 15 is 0 Å². The fourth-order valence-electron chi connectivity index (χ4n) is 2.40. The molecule has 0 aromatic heterocycles. The molecule has 0 saturated heterocycles. The summed E-state index contributed by atoms with van der Waals surface area (Å²) in [4.78, 5) is 0. The Kier molecular flexibility index (Phi) is 5.90. The Morgan fingerprint density at radius 3 is 1.00 bits per heavy atom. The Bertz CT molecular complexity index is 616. The summed E-state index contributed by atoms with van der Waals surface area (Å²) < 4.78 is 81.6. The SMILES string of the molecule is Oc1ccc(C(c2ccc(O)cc2)(C(F)(F)F)C(F)(F)F)cc1.[Na]. The third kappa shape index (κ3) is 3.36. The van der Waals surface area contributed by atoms with Crippen molar-refractivity contribution in [3.8, 4) is 11.5 Å². The van der Waals surface area contributed by atoms with E-state index in [-0.39, 0.29) is 29.6 Å². The Hall–Kier alpha value is -1.38. The number of hydrogen-bond donors (Lipinski definition) is 2. The van der Waals surface area contributed by atoms with Crippen LogP contribution in [0.15, 0.2) is 48.5 Å². The molecule has 2 nitrogen and oxygen atoms in total. The Balaban J connectivity index is 0.00000288. The maximum Gasteiger partial charge on any atom is 0.411 e. The van der Waals surface area contributed by atoms with Crippen LogP contribution < -0.4 is 0 Å². The molecule has 0 atom stereocenters. The fourth-order valence-corrected chi connectivity index (χ4v) is 2.40. The summed E-state index contributed by atoms with van der Waals surface area (Å²) >= 11 is 0. The smallest absolute Gasteiger partial charge is 0.411 e. The molecule has 2 N–H and O–H groups in total. The number of rotatable bonds is 2. The van der Waals surface area contributed by atoms with Crippen LogP contribution in [0, 0.1) is 0 Å². The van der Waals surface area contributed by atoms with Crippen LogP contribution in [0.5, 0.6) is 11.5 Å². The van der Waals surface area contributed by atoms with Crippen LogP contribution >= 0.6 is 0 Å². The van der Waals surface area contributed by atoms with Crippen molar-refractivity contribution in [2.75, 3.05) is 0 Å². The predicted octanol–water partition coefficient (Wildman–Crippen LogP) is 4.13. The van der Waals surface area contributed by atoms with Crippen molar-refractivity contribution in [3.05, 3.63) is 59.7 Å². The molecule has 0 saturated carbocycles. The molecular formula is C15H10F6NaO2. The zero-order valence-electron chi connectivity index (χ0n) is 12.3. The number of hydrogen-bond acceptors (Lipinski definition) is 2. The van der Waals surface area contributed by atoms with Gasteiger partial charge in [-0.05, 0) is 35.4 Å². The van der Waals surface area contributed by atoms with E-state index in [1.807, 2.05) is 0 Å². The number of halogens is 6. The van der Waals surface area contributed by atoms with Gasteiger partial charge in [-0.25, -0.2) is 0 Å². The number of benzene rings is 2. The van der Waals surface area contributed by atoms with E-state index in [1.165, 1.54) is 0 Å². The molecule has 0 amide bonds. The van der Waals surface area contributed by atoms with Crippen molar-refractivity contribution in [1.82, 2.24) is 0 Å². The van der Waals surface area contributed by atoms with Crippen LogP contribution in [-0.4, -0.2) is 52.1 Å². The molecule has 0 bridgehead atoms. The van der Waals surface area contributed by atoms with E-state index in [0.717, 1.165) is 24.3 Å². The largest absolute Gasteiger partial charge is 0.508 e. The van der Waals surface area contributed by atoms with Crippen LogP contribution in [0.3, 0.4) is 0 Å². The third-order valence-corrected chi connectivity index (χ3v) is 3.45.